The van der Waals surface area contributed by atoms with Gasteiger partial charge in [-0.25, -0.2) is 9.48 Å². The number of tetrazole rings is 1. The minimum atomic E-state index is -0.953. The first-order valence-electron chi connectivity index (χ1n) is 6.12. The van der Waals surface area contributed by atoms with Gasteiger partial charge in [-0.3, -0.25) is 4.98 Å². The minimum absolute atomic E-state index is 0.505. The zero-order valence-corrected chi connectivity index (χ0v) is 10.2. The average Bonchev–Trinajstić information content (AvgIpc) is 2.77. The third kappa shape index (κ3) is 1.87. The summed E-state index contributed by atoms with van der Waals surface area (Å²) in [6, 6.07) is 3.74. The van der Waals surface area contributed by atoms with Crippen LogP contribution >= 0.6 is 0 Å². The normalized spacial score (nSPS) is 16.8. The number of carbonyl (C=O) groups is 1. The van der Waals surface area contributed by atoms with E-state index in [0.29, 0.717) is 25.1 Å². The van der Waals surface area contributed by atoms with Crippen molar-refractivity contribution in [2.24, 2.45) is 0 Å². The summed E-state index contributed by atoms with van der Waals surface area (Å²) in [5.41, 5.74) is 0.0530. The van der Waals surface area contributed by atoms with Crippen LogP contribution in [0, 0.1) is 0 Å². The molecular formula is C12H13N5O2. The van der Waals surface area contributed by atoms with Crippen LogP contribution in [0.15, 0.2) is 24.5 Å². The van der Waals surface area contributed by atoms with Gasteiger partial charge in [0.05, 0.1) is 0 Å². The predicted octanol–water partition coefficient (Wildman–Crippen LogP) is 0.623. The maximum atomic E-state index is 11.5. The van der Waals surface area contributed by atoms with Gasteiger partial charge in [-0.05, 0) is 47.4 Å². The molecular weight excluding hydrogens is 246 g/mol. The van der Waals surface area contributed by atoms with Crippen molar-refractivity contribution in [3.63, 3.8) is 0 Å². The Morgan fingerprint density at radius 2 is 2.11 bits per heavy atom. The standard InChI is InChI=1S/C12H13N5O2/c18-11(19)12(4-1-5-12)17-10(14-15-16-17)8-9-2-6-13-7-3-9/h2-3,6-7H,1,4-5,8H2,(H,18,19). The molecule has 0 spiro atoms. The summed E-state index contributed by atoms with van der Waals surface area (Å²) in [5, 5.41) is 20.9. The van der Waals surface area contributed by atoms with Crippen molar-refractivity contribution in [1.29, 1.82) is 0 Å². The van der Waals surface area contributed by atoms with Crippen LogP contribution in [-0.2, 0) is 16.8 Å². The van der Waals surface area contributed by atoms with Gasteiger partial charge in [0, 0.05) is 18.8 Å². The fourth-order valence-electron chi connectivity index (χ4n) is 2.36. The number of carboxylic acid groups (broad SMARTS) is 1. The lowest BCUT2D eigenvalue weighted by molar-refractivity contribution is -0.153. The first-order chi connectivity index (χ1) is 9.22. The molecule has 0 unspecified atom stereocenters. The van der Waals surface area contributed by atoms with Crippen molar-refractivity contribution in [3.8, 4) is 0 Å². The Bertz CT molecular complexity index is 591. The van der Waals surface area contributed by atoms with Crippen LogP contribution < -0.4 is 0 Å². The van der Waals surface area contributed by atoms with E-state index in [0.717, 1.165) is 12.0 Å². The quantitative estimate of drug-likeness (QED) is 0.865. The van der Waals surface area contributed by atoms with Crippen LogP contribution in [0.2, 0.25) is 0 Å². The highest BCUT2D eigenvalue weighted by Gasteiger charge is 2.48. The van der Waals surface area contributed by atoms with E-state index in [4.69, 9.17) is 0 Å². The summed E-state index contributed by atoms with van der Waals surface area (Å²) in [7, 11) is 0. The van der Waals surface area contributed by atoms with Gasteiger partial charge in [-0.15, -0.1) is 5.10 Å². The molecule has 1 fully saturated rings. The smallest absolute Gasteiger partial charge is 0.331 e. The fourth-order valence-corrected chi connectivity index (χ4v) is 2.36. The highest BCUT2D eigenvalue weighted by Crippen LogP contribution is 2.39. The lowest BCUT2D eigenvalue weighted by Gasteiger charge is -2.37. The second-order valence-electron chi connectivity index (χ2n) is 4.73. The Morgan fingerprint density at radius 3 is 2.68 bits per heavy atom. The molecule has 0 aliphatic heterocycles. The van der Waals surface area contributed by atoms with Crippen LogP contribution in [0.4, 0.5) is 0 Å². The number of pyridine rings is 1. The van der Waals surface area contributed by atoms with Crippen molar-refractivity contribution < 1.29 is 9.90 Å². The minimum Gasteiger partial charge on any atom is -0.479 e. The molecule has 0 bridgehead atoms. The third-order valence-corrected chi connectivity index (χ3v) is 3.63. The first kappa shape index (κ1) is 11.8. The van der Waals surface area contributed by atoms with Gasteiger partial charge in [0.15, 0.2) is 11.4 Å². The summed E-state index contributed by atoms with van der Waals surface area (Å²) < 4.78 is 1.47. The van der Waals surface area contributed by atoms with Crippen molar-refractivity contribution in [1.82, 2.24) is 25.2 Å². The molecule has 1 aliphatic carbocycles. The number of rotatable bonds is 4. The Labute approximate surface area is 109 Å². The lowest BCUT2D eigenvalue weighted by atomic mass is 9.77. The monoisotopic (exact) mass is 259 g/mol. The maximum Gasteiger partial charge on any atom is 0.331 e. The summed E-state index contributed by atoms with van der Waals surface area (Å²) in [6.07, 6.45) is 5.94. The Hall–Kier alpha value is -2.31. The molecule has 19 heavy (non-hydrogen) atoms. The van der Waals surface area contributed by atoms with E-state index in [1.54, 1.807) is 12.4 Å². The molecule has 2 heterocycles. The third-order valence-electron chi connectivity index (χ3n) is 3.63. The Balaban J connectivity index is 1.93. The second kappa shape index (κ2) is 4.42. The van der Waals surface area contributed by atoms with E-state index in [-0.39, 0.29) is 0 Å². The van der Waals surface area contributed by atoms with Gasteiger partial charge in [0.2, 0.25) is 0 Å². The first-order valence-corrected chi connectivity index (χ1v) is 6.12. The number of nitrogens with zero attached hydrogens (tertiary/aromatic N) is 5. The molecule has 0 amide bonds. The van der Waals surface area contributed by atoms with Crippen LogP contribution in [0.1, 0.15) is 30.7 Å². The van der Waals surface area contributed by atoms with E-state index in [1.807, 2.05) is 12.1 Å². The van der Waals surface area contributed by atoms with E-state index < -0.39 is 11.5 Å². The maximum absolute atomic E-state index is 11.5. The molecule has 0 saturated heterocycles. The van der Waals surface area contributed by atoms with Crippen LogP contribution in [0.5, 0.6) is 0 Å². The summed E-state index contributed by atoms with van der Waals surface area (Å²) >= 11 is 0. The molecule has 98 valence electrons. The SMILES string of the molecule is O=C(O)C1(n2nnnc2Cc2ccncc2)CCC1. The Morgan fingerprint density at radius 1 is 1.37 bits per heavy atom. The topological polar surface area (TPSA) is 93.8 Å². The molecule has 1 saturated carbocycles. The summed E-state index contributed by atoms with van der Waals surface area (Å²) in [5.74, 6) is -0.282. The van der Waals surface area contributed by atoms with E-state index in [1.165, 1.54) is 4.68 Å². The van der Waals surface area contributed by atoms with Crippen LogP contribution in [0.3, 0.4) is 0 Å². The predicted molar refractivity (Wildman–Crippen MR) is 64.3 cm³/mol. The van der Waals surface area contributed by atoms with E-state index in [2.05, 4.69) is 20.5 Å². The molecule has 0 aromatic carbocycles. The molecule has 0 atom stereocenters. The van der Waals surface area contributed by atoms with Crippen molar-refractivity contribution in [2.45, 2.75) is 31.2 Å². The average molecular weight is 259 g/mol. The van der Waals surface area contributed by atoms with Gasteiger partial charge >= 0.3 is 5.97 Å². The van der Waals surface area contributed by atoms with Crippen molar-refractivity contribution in [2.75, 3.05) is 0 Å². The molecule has 7 nitrogen and oxygen atoms in total. The highest BCUT2D eigenvalue weighted by atomic mass is 16.4. The van der Waals surface area contributed by atoms with Crippen LogP contribution in [-0.4, -0.2) is 36.3 Å². The largest absolute Gasteiger partial charge is 0.479 e. The van der Waals surface area contributed by atoms with Gasteiger partial charge in [0.25, 0.3) is 0 Å². The summed E-state index contributed by atoms with van der Waals surface area (Å²) in [4.78, 5) is 15.4. The van der Waals surface area contributed by atoms with Gasteiger partial charge < -0.3 is 5.11 Å². The fraction of sp³-hybridized carbons (Fsp3) is 0.417. The molecule has 1 aliphatic rings. The highest BCUT2D eigenvalue weighted by molar-refractivity contribution is 5.77. The van der Waals surface area contributed by atoms with Gasteiger partial charge in [0.1, 0.15) is 0 Å². The molecule has 1 N–H and O–H groups in total. The molecule has 2 aromatic rings. The van der Waals surface area contributed by atoms with E-state index in [9.17, 15) is 9.90 Å². The molecule has 2 aromatic heterocycles. The van der Waals surface area contributed by atoms with Gasteiger partial charge in [-0.2, -0.15) is 0 Å². The lowest BCUT2D eigenvalue weighted by Crippen LogP contribution is -2.49. The molecule has 0 radical (unpaired) electrons. The number of aromatic nitrogens is 5. The number of hydrogen-bond acceptors (Lipinski definition) is 5. The number of aliphatic carboxylic acids is 1. The Kier molecular flexibility index (Phi) is 2.73. The number of carboxylic acids is 1. The zero-order valence-electron chi connectivity index (χ0n) is 10.2. The van der Waals surface area contributed by atoms with E-state index >= 15 is 0 Å². The van der Waals surface area contributed by atoms with Crippen molar-refractivity contribution in [3.05, 3.63) is 35.9 Å². The second-order valence-corrected chi connectivity index (χ2v) is 4.73. The molecule has 3 rings (SSSR count). The van der Waals surface area contributed by atoms with Crippen molar-refractivity contribution >= 4 is 5.97 Å². The zero-order chi connectivity index (χ0) is 13.3. The number of hydrogen-bond donors (Lipinski definition) is 1. The van der Waals surface area contributed by atoms with Crippen LogP contribution in [0.25, 0.3) is 0 Å². The summed E-state index contributed by atoms with van der Waals surface area (Å²) in [6.45, 7) is 0. The molecule has 7 heteroatoms. The van der Waals surface area contributed by atoms with Gasteiger partial charge in [-0.1, -0.05) is 0 Å².